The van der Waals surface area contributed by atoms with Crippen LogP contribution in [0.3, 0.4) is 0 Å². The predicted molar refractivity (Wildman–Crippen MR) is 142 cm³/mol. The molecule has 1 N–H and O–H groups in total. The van der Waals surface area contributed by atoms with Gasteiger partial charge in [-0.15, -0.1) is 10.2 Å². The molecule has 1 aliphatic carbocycles. The van der Waals surface area contributed by atoms with E-state index in [0.29, 0.717) is 29.1 Å². The Bertz CT molecular complexity index is 1570. The number of benzene rings is 2. The fourth-order valence-corrected chi connectivity index (χ4v) is 6.24. The van der Waals surface area contributed by atoms with Crippen molar-refractivity contribution >= 4 is 38.3 Å². The van der Waals surface area contributed by atoms with Crippen LogP contribution >= 0.6 is 22.9 Å². The molecule has 2 fully saturated rings. The highest BCUT2D eigenvalue weighted by Gasteiger charge is 2.34. The number of thiazole rings is 1. The summed E-state index contributed by atoms with van der Waals surface area (Å²) in [5, 5.41) is 19.8. The third kappa shape index (κ3) is 4.44. The molecular weight excluding hydrogens is 529 g/mol. The van der Waals surface area contributed by atoms with Crippen molar-refractivity contribution in [3.05, 3.63) is 58.6 Å². The first kappa shape index (κ1) is 23.7. The summed E-state index contributed by atoms with van der Waals surface area (Å²) < 4.78 is 27.8. The van der Waals surface area contributed by atoms with E-state index < -0.39 is 5.82 Å². The zero-order valence-electron chi connectivity index (χ0n) is 20.2. The number of halogens is 2. The molecule has 12 heteroatoms. The summed E-state index contributed by atoms with van der Waals surface area (Å²) in [4.78, 5) is 7.14. The fourth-order valence-electron chi connectivity index (χ4n) is 4.93. The summed E-state index contributed by atoms with van der Waals surface area (Å²) in [6.07, 6.45) is 3.90. The number of nitrogens with zero attached hydrogens (tertiary/aromatic N) is 6. The number of aromatic nitrogens is 6. The second-order valence-corrected chi connectivity index (χ2v) is 11.1. The number of H-pyrrole nitrogens is 1. The van der Waals surface area contributed by atoms with Crippen molar-refractivity contribution in [2.75, 3.05) is 18.0 Å². The van der Waals surface area contributed by atoms with Gasteiger partial charge in [-0.25, -0.2) is 9.37 Å². The molecule has 0 unspecified atom stereocenters. The molecule has 0 amide bonds. The van der Waals surface area contributed by atoms with Crippen molar-refractivity contribution in [3.8, 4) is 22.6 Å². The first-order valence-corrected chi connectivity index (χ1v) is 13.8. The number of piperidine rings is 1. The van der Waals surface area contributed by atoms with Gasteiger partial charge in [0.25, 0.3) is 0 Å². The van der Waals surface area contributed by atoms with E-state index in [9.17, 15) is 4.39 Å². The van der Waals surface area contributed by atoms with Gasteiger partial charge in [0.2, 0.25) is 5.82 Å². The van der Waals surface area contributed by atoms with E-state index in [2.05, 4.69) is 30.7 Å². The van der Waals surface area contributed by atoms with Crippen molar-refractivity contribution in [2.24, 2.45) is 0 Å². The molecule has 38 heavy (non-hydrogen) atoms. The molecule has 1 aliphatic heterocycles. The highest BCUT2D eigenvalue weighted by atomic mass is 35.5. The van der Waals surface area contributed by atoms with E-state index in [0.717, 1.165) is 71.0 Å². The predicted octanol–water partition coefficient (Wildman–Crippen LogP) is 5.99. The maximum atomic E-state index is 14.7. The first-order valence-electron chi connectivity index (χ1n) is 12.6. The largest absolute Gasteiger partial charge is 0.373 e. The summed E-state index contributed by atoms with van der Waals surface area (Å²) in [5.41, 5.74) is 3.39. The van der Waals surface area contributed by atoms with Crippen molar-refractivity contribution in [3.63, 3.8) is 0 Å². The Labute approximate surface area is 225 Å². The number of ether oxygens (including phenoxy) is 1. The number of tetrazole rings is 1. The smallest absolute Gasteiger partial charge is 0.204 e. The van der Waals surface area contributed by atoms with Crippen LogP contribution in [0.25, 0.3) is 32.9 Å². The van der Waals surface area contributed by atoms with Gasteiger partial charge in [-0.2, -0.15) is 5.21 Å². The Hall–Kier alpha value is -3.41. The van der Waals surface area contributed by atoms with Crippen molar-refractivity contribution in [2.45, 2.75) is 44.3 Å². The SMILES string of the molecule is Fc1cccc(Cl)c1-c1noc(C2CC2)c1COC1CCN(c2nc3ccc(-c4nn[nH]n4)cc3s2)CC1. The van der Waals surface area contributed by atoms with Crippen LogP contribution in [-0.4, -0.2) is 50.0 Å². The number of nitrogens with one attached hydrogen (secondary N) is 1. The molecule has 4 heterocycles. The van der Waals surface area contributed by atoms with Crippen LogP contribution in [0, 0.1) is 5.82 Å². The second kappa shape index (κ2) is 9.72. The Morgan fingerprint density at radius 2 is 2.03 bits per heavy atom. The fraction of sp³-hybridized carbons (Fsp3) is 0.346. The summed E-state index contributed by atoms with van der Waals surface area (Å²) in [7, 11) is 0. The molecule has 0 bridgehead atoms. The third-order valence-corrected chi connectivity index (χ3v) is 8.52. The van der Waals surface area contributed by atoms with Gasteiger partial charge in [0, 0.05) is 30.1 Å². The average Bonchev–Trinajstić information content (AvgIpc) is 3.30. The number of hydrogen-bond acceptors (Lipinski definition) is 9. The molecular formula is C26H23ClFN7O2S. The summed E-state index contributed by atoms with van der Waals surface area (Å²) in [6.45, 7) is 2.00. The average molecular weight is 552 g/mol. The molecule has 1 saturated carbocycles. The number of rotatable bonds is 7. The van der Waals surface area contributed by atoms with Gasteiger partial charge < -0.3 is 14.2 Å². The molecule has 1 saturated heterocycles. The minimum Gasteiger partial charge on any atom is -0.373 e. The second-order valence-electron chi connectivity index (χ2n) is 9.66. The number of fused-ring (bicyclic) bond motifs is 1. The standard InChI is InChI=1S/C26H23ClFN7O2S/c27-18-2-1-3-19(28)22(18)23-17(24(37-32-23)14-4-5-14)13-36-16-8-10-35(11-9-16)26-29-20-7-6-15(12-21(20)38-26)25-30-33-34-31-25/h1-3,6-7,12,14,16H,4-5,8-11,13H2,(H,30,31,33,34). The lowest BCUT2D eigenvalue weighted by Gasteiger charge is -2.31. The molecule has 194 valence electrons. The van der Waals surface area contributed by atoms with Gasteiger partial charge in [-0.05, 0) is 61.2 Å². The zero-order chi connectivity index (χ0) is 25.6. The molecule has 9 nitrogen and oxygen atoms in total. The van der Waals surface area contributed by atoms with E-state index in [4.69, 9.17) is 25.8 Å². The number of anilines is 1. The molecule has 7 rings (SSSR count). The Morgan fingerprint density at radius 1 is 1.16 bits per heavy atom. The minimum atomic E-state index is -0.414. The zero-order valence-corrected chi connectivity index (χ0v) is 21.8. The minimum absolute atomic E-state index is 0.0800. The first-order chi connectivity index (χ1) is 18.6. The van der Waals surface area contributed by atoms with E-state index >= 15 is 0 Å². The van der Waals surface area contributed by atoms with E-state index in [1.165, 1.54) is 6.07 Å². The van der Waals surface area contributed by atoms with Crippen LogP contribution < -0.4 is 4.90 Å². The lowest BCUT2D eigenvalue weighted by molar-refractivity contribution is 0.0246. The monoisotopic (exact) mass is 551 g/mol. The van der Waals surface area contributed by atoms with E-state index in [1.807, 2.05) is 18.2 Å². The van der Waals surface area contributed by atoms with Crippen LogP contribution in [0.5, 0.6) is 0 Å². The van der Waals surface area contributed by atoms with Crippen LogP contribution in [0.15, 0.2) is 40.9 Å². The Balaban J connectivity index is 1.04. The van der Waals surface area contributed by atoms with Crippen molar-refractivity contribution in [1.82, 2.24) is 30.8 Å². The summed E-state index contributed by atoms with van der Waals surface area (Å²) >= 11 is 8.01. The molecule has 0 atom stereocenters. The lowest BCUT2D eigenvalue weighted by atomic mass is 10.0. The Morgan fingerprint density at radius 3 is 2.79 bits per heavy atom. The topological polar surface area (TPSA) is 106 Å². The van der Waals surface area contributed by atoms with Crippen LogP contribution in [-0.2, 0) is 11.3 Å². The van der Waals surface area contributed by atoms with Gasteiger partial charge in [0.05, 0.1) is 33.5 Å². The van der Waals surface area contributed by atoms with Gasteiger partial charge in [0.1, 0.15) is 17.3 Å². The summed E-state index contributed by atoms with van der Waals surface area (Å²) in [6, 6.07) is 10.6. The molecule has 2 aliphatic rings. The maximum absolute atomic E-state index is 14.7. The van der Waals surface area contributed by atoms with Gasteiger partial charge >= 0.3 is 0 Å². The van der Waals surface area contributed by atoms with Gasteiger partial charge in [-0.1, -0.05) is 34.2 Å². The Kier molecular flexibility index (Phi) is 6.06. The molecule has 0 spiro atoms. The van der Waals surface area contributed by atoms with Crippen molar-refractivity contribution in [1.29, 1.82) is 0 Å². The molecule has 5 aromatic rings. The quantitative estimate of drug-likeness (QED) is 0.263. The van der Waals surface area contributed by atoms with Gasteiger partial charge in [-0.3, -0.25) is 0 Å². The van der Waals surface area contributed by atoms with Crippen LogP contribution in [0.2, 0.25) is 5.02 Å². The molecule has 0 radical (unpaired) electrons. The highest BCUT2D eigenvalue weighted by Crippen LogP contribution is 2.45. The normalized spacial score (nSPS) is 16.5. The van der Waals surface area contributed by atoms with Crippen LogP contribution in [0.1, 0.15) is 42.9 Å². The number of aromatic amines is 1. The molecule has 2 aromatic carbocycles. The molecule has 3 aromatic heterocycles. The number of hydrogen-bond donors (Lipinski definition) is 1. The summed E-state index contributed by atoms with van der Waals surface area (Å²) in [5.74, 6) is 1.27. The van der Waals surface area contributed by atoms with E-state index in [-0.39, 0.29) is 11.7 Å². The van der Waals surface area contributed by atoms with Crippen molar-refractivity contribution < 1.29 is 13.7 Å². The van der Waals surface area contributed by atoms with E-state index in [1.54, 1.807) is 23.5 Å². The highest BCUT2D eigenvalue weighted by molar-refractivity contribution is 7.22. The lowest BCUT2D eigenvalue weighted by Crippen LogP contribution is -2.37. The van der Waals surface area contributed by atoms with Crippen LogP contribution in [0.4, 0.5) is 9.52 Å². The third-order valence-electron chi connectivity index (χ3n) is 7.12. The van der Waals surface area contributed by atoms with Gasteiger partial charge in [0.15, 0.2) is 5.13 Å². The maximum Gasteiger partial charge on any atom is 0.204 e.